The summed E-state index contributed by atoms with van der Waals surface area (Å²) in [6.07, 6.45) is -3.98. The average molecular weight is 365 g/mol. The van der Waals surface area contributed by atoms with Crippen molar-refractivity contribution in [2.75, 3.05) is 5.32 Å². The van der Waals surface area contributed by atoms with Gasteiger partial charge in [0.05, 0.1) is 22.6 Å². The second kappa shape index (κ2) is 6.45. The van der Waals surface area contributed by atoms with Gasteiger partial charge in [0.15, 0.2) is 0 Å². The van der Waals surface area contributed by atoms with Crippen LogP contribution in [0.15, 0.2) is 24.3 Å². The highest BCUT2D eigenvalue weighted by molar-refractivity contribution is 5.96. The molecule has 1 aromatic carbocycles. The Morgan fingerprint density at radius 1 is 1.27 bits per heavy atom. The summed E-state index contributed by atoms with van der Waals surface area (Å²) >= 11 is 0. The van der Waals surface area contributed by atoms with Crippen LogP contribution in [-0.2, 0) is 11.0 Å². The van der Waals surface area contributed by atoms with Crippen LogP contribution >= 0.6 is 0 Å². The molecule has 140 valence electrons. The van der Waals surface area contributed by atoms with Crippen molar-refractivity contribution in [2.24, 2.45) is 5.92 Å². The standard InChI is InChI=1S/C19H22F3N3O/c1-10(2)25-12(4)17(11(3)24-25)23-18(26)15-9-14(15)13-7-5-6-8-16(13)19(20,21)22/h5-8,10,14-15H,9H2,1-4H3,(H,23,26)/t14-,15-/m0/s1. The first-order valence-electron chi connectivity index (χ1n) is 8.64. The van der Waals surface area contributed by atoms with Crippen LogP contribution in [0.3, 0.4) is 0 Å². The highest BCUT2D eigenvalue weighted by atomic mass is 19.4. The monoisotopic (exact) mass is 365 g/mol. The summed E-state index contributed by atoms with van der Waals surface area (Å²) in [5.74, 6) is -1.09. The summed E-state index contributed by atoms with van der Waals surface area (Å²) in [6.45, 7) is 7.68. The van der Waals surface area contributed by atoms with Gasteiger partial charge in [0.2, 0.25) is 5.91 Å². The van der Waals surface area contributed by atoms with Crippen LogP contribution in [0.4, 0.5) is 18.9 Å². The van der Waals surface area contributed by atoms with Gasteiger partial charge in [0.25, 0.3) is 0 Å². The lowest BCUT2D eigenvalue weighted by atomic mass is 10.0. The first kappa shape index (κ1) is 18.5. The fourth-order valence-corrected chi connectivity index (χ4v) is 3.47. The molecule has 0 unspecified atom stereocenters. The third-order valence-corrected chi connectivity index (χ3v) is 4.86. The molecule has 1 amide bonds. The van der Waals surface area contributed by atoms with E-state index in [1.165, 1.54) is 12.1 Å². The molecule has 0 spiro atoms. The Labute approximate surface area is 150 Å². The van der Waals surface area contributed by atoms with Gasteiger partial charge in [-0.2, -0.15) is 18.3 Å². The number of alkyl halides is 3. The number of carbonyl (C=O) groups is 1. The summed E-state index contributed by atoms with van der Waals surface area (Å²) < 4.78 is 41.4. The summed E-state index contributed by atoms with van der Waals surface area (Å²) in [5.41, 5.74) is 1.75. The molecule has 1 aliphatic carbocycles. The first-order valence-corrected chi connectivity index (χ1v) is 8.64. The van der Waals surface area contributed by atoms with Gasteiger partial charge in [-0.1, -0.05) is 18.2 Å². The van der Waals surface area contributed by atoms with Crippen molar-refractivity contribution in [1.29, 1.82) is 0 Å². The number of nitrogens with zero attached hydrogens (tertiary/aromatic N) is 2. The van der Waals surface area contributed by atoms with E-state index >= 15 is 0 Å². The molecular weight excluding hydrogens is 343 g/mol. The topological polar surface area (TPSA) is 46.9 Å². The Kier molecular flexibility index (Phi) is 4.58. The van der Waals surface area contributed by atoms with Crippen molar-refractivity contribution in [3.63, 3.8) is 0 Å². The second-order valence-corrected chi connectivity index (χ2v) is 7.11. The maximum absolute atomic E-state index is 13.2. The molecule has 1 heterocycles. The van der Waals surface area contributed by atoms with E-state index in [4.69, 9.17) is 0 Å². The molecule has 0 bridgehead atoms. The molecule has 26 heavy (non-hydrogen) atoms. The molecule has 2 atom stereocenters. The maximum atomic E-state index is 13.2. The van der Waals surface area contributed by atoms with Gasteiger partial charge < -0.3 is 5.32 Å². The van der Waals surface area contributed by atoms with Gasteiger partial charge >= 0.3 is 6.18 Å². The minimum absolute atomic E-state index is 0.159. The molecule has 1 aromatic heterocycles. The zero-order valence-electron chi connectivity index (χ0n) is 15.2. The van der Waals surface area contributed by atoms with Crippen LogP contribution in [-0.4, -0.2) is 15.7 Å². The van der Waals surface area contributed by atoms with Crippen molar-refractivity contribution in [1.82, 2.24) is 9.78 Å². The fraction of sp³-hybridized carbons (Fsp3) is 0.474. The lowest BCUT2D eigenvalue weighted by Crippen LogP contribution is -2.17. The van der Waals surface area contributed by atoms with Gasteiger partial charge in [-0.3, -0.25) is 9.48 Å². The molecule has 1 fully saturated rings. The molecule has 1 aliphatic rings. The number of rotatable bonds is 4. The highest BCUT2D eigenvalue weighted by Crippen LogP contribution is 2.51. The summed E-state index contributed by atoms with van der Waals surface area (Å²) in [6, 6.07) is 5.65. The van der Waals surface area contributed by atoms with Gasteiger partial charge in [-0.25, -0.2) is 0 Å². The quantitative estimate of drug-likeness (QED) is 0.843. The van der Waals surface area contributed by atoms with Gasteiger partial charge in [0, 0.05) is 12.0 Å². The van der Waals surface area contributed by atoms with E-state index in [2.05, 4.69) is 10.4 Å². The van der Waals surface area contributed by atoms with E-state index in [0.717, 1.165) is 11.8 Å². The van der Waals surface area contributed by atoms with Crippen LogP contribution in [0.25, 0.3) is 0 Å². The van der Waals surface area contributed by atoms with E-state index < -0.39 is 23.6 Å². The zero-order chi connectivity index (χ0) is 19.2. The second-order valence-electron chi connectivity index (χ2n) is 7.11. The van der Waals surface area contributed by atoms with Gasteiger partial charge in [-0.05, 0) is 51.7 Å². The molecule has 1 N–H and O–H groups in total. The number of nitrogens with one attached hydrogen (secondary N) is 1. The van der Waals surface area contributed by atoms with Crippen molar-refractivity contribution >= 4 is 11.6 Å². The number of hydrogen-bond acceptors (Lipinski definition) is 2. The van der Waals surface area contributed by atoms with Crippen LogP contribution in [0.2, 0.25) is 0 Å². The third-order valence-electron chi connectivity index (χ3n) is 4.86. The largest absolute Gasteiger partial charge is 0.416 e. The van der Waals surface area contributed by atoms with Crippen LogP contribution in [0.5, 0.6) is 0 Å². The molecule has 3 rings (SSSR count). The van der Waals surface area contributed by atoms with Gasteiger partial charge in [-0.15, -0.1) is 0 Å². The Bertz CT molecular complexity index is 839. The summed E-state index contributed by atoms with van der Waals surface area (Å²) in [5, 5.41) is 7.29. The predicted molar refractivity (Wildman–Crippen MR) is 93.0 cm³/mol. The van der Waals surface area contributed by atoms with Crippen molar-refractivity contribution < 1.29 is 18.0 Å². The highest BCUT2D eigenvalue weighted by Gasteiger charge is 2.48. The zero-order valence-corrected chi connectivity index (χ0v) is 15.2. The number of benzene rings is 1. The molecule has 7 heteroatoms. The molecule has 0 aliphatic heterocycles. The fourth-order valence-electron chi connectivity index (χ4n) is 3.47. The smallest absolute Gasteiger partial charge is 0.323 e. The Balaban J connectivity index is 1.77. The molecule has 2 aromatic rings. The molecular formula is C19H22F3N3O. The predicted octanol–water partition coefficient (Wildman–Crippen LogP) is 4.84. The van der Waals surface area contributed by atoms with Crippen LogP contribution < -0.4 is 5.32 Å². The normalized spacial score (nSPS) is 19.7. The van der Waals surface area contributed by atoms with E-state index in [9.17, 15) is 18.0 Å². The maximum Gasteiger partial charge on any atom is 0.416 e. The minimum atomic E-state index is -4.41. The number of anilines is 1. The van der Waals surface area contributed by atoms with Crippen molar-refractivity contribution in [3.05, 3.63) is 46.8 Å². The molecule has 0 radical (unpaired) electrons. The molecule has 1 saturated carbocycles. The SMILES string of the molecule is Cc1nn(C(C)C)c(C)c1NC(=O)[C@H]1C[C@H]1c1ccccc1C(F)(F)F. The van der Waals surface area contributed by atoms with Crippen molar-refractivity contribution in [3.8, 4) is 0 Å². The number of hydrogen-bond donors (Lipinski definition) is 1. The number of amides is 1. The number of aryl methyl sites for hydroxylation is 1. The Morgan fingerprint density at radius 2 is 1.92 bits per heavy atom. The number of aromatic nitrogens is 2. The summed E-state index contributed by atoms with van der Waals surface area (Å²) in [7, 11) is 0. The van der Waals surface area contributed by atoms with Gasteiger partial charge in [0.1, 0.15) is 0 Å². The van der Waals surface area contributed by atoms with Crippen molar-refractivity contribution in [2.45, 2.75) is 52.3 Å². The Morgan fingerprint density at radius 3 is 2.50 bits per heavy atom. The summed E-state index contributed by atoms with van der Waals surface area (Å²) in [4.78, 5) is 12.6. The number of halogens is 3. The van der Waals surface area contributed by atoms with E-state index in [0.29, 0.717) is 17.8 Å². The third kappa shape index (κ3) is 3.34. The van der Waals surface area contributed by atoms with E-state index in [-0.39, 0.29) is 17.5 Å². The lowest BCUT2D eigenvalue weighted by Gasteiger charge is -2.12. The average Bonchev–Trinajstić information content (AvgIpc) is 3.31. The first-order chi connectivity index (χ1) is 12.1. The lowest BCUT2D eigenvalue weighted by molar-refractivity contribution is -0.138. The van der Waals surface area contributed by atoms with Crippen LogP contribution in [0, 0.1) is 19.8 Å². The van der Waals surface area contributed by atoms with E-state index in [1.54, 1.807) is 6.07 Å². The minimum Gasteiger partial charge on any atom is -0.323 e. The number of carbonyl (C=O) groups excluding carboxylic acids is 1. The molecule has 4 nitrogen and oxygen atoms in total. The Hall–Kier alpha value is -2.31. The van der Waals surface area contributed by atoms with Crippen LogP contribution in [0.1, 0.15) is 54.7 Å². The van der Waals surface area contributed by atoms with E-state index in [1.807, 2.05) is 32.4 Å². The molecule has 0 saturated heterocycles.